The lowest BCUT2D eigenvalue weighted by atomic mass is 10.2. The van der Waals surface area contributed by atoms with Crippen molar-refractivity contribution in [1.29, 1.82) is 0 Å². The smallest absolute Gasteiger partial charge is 0.0929 e. The third kappa shape index (κ3) is 2.77. The summed E-state index contributed by atoms with van der Waals surface area (Å²) in [5.41, 5.74) is 0.949. The SMILES string of the molecule is c1ccc2nnccc2c1.c1ccc2sccc2c1. The zero-order valence-corrected chi connectivity index (χ0v) is 11.0. The number of hydrogen-bond acceptors (Lipinski definition) is 3. The molecule has 2 heterocycles. The van der Waals surface area contributed by atoms with Crippen LogP contribution in [0.1, 0.15) is 0 Å². The quantitative estimate of drug-likeness (QED) is 0.466. The number of nitrogens with zero attached hydrogens (tertiary/aromatic N) is 2. The molecule has 2 aromatic heterocycles. The zero-order chi connectivity index (χ0) is 12.9. The van der Waals surface area contributed by atoms with Crippen LogP contribution in [0.3, 0.4) is 0 Å². The maximum atomic E-state index is 3.93. The van der Waals surface area contributed by atoms with E-state index in [1.165, 1.54) is 10.1 Å². The zero-order valence-electron chi connectivity index (χ0n) is 10.2. The normalized spacial score (nSPS) is 10.1. The van der Waals surface area contributed by atoms with Crippen LogP contribution in [-0.4, -0.2) is 10.2 Å². The van der Waals surface area contributed by atoms with E-state index >= 15 is 0 Å². The van der Waals surface area contributed by atoms with E-state index in [1.54, 1.807) is 17.5 Å². The van der Waals surface area contributed by atoms with Crippen LogP contribution in [-0.2, 0) is 0 Å². The first-order chi connectivity index (χ1) is 9.43. The highest BCUT2D eigenvalue weighted by Crippen LogP contribution is 2.18. The molecule has 19 heavy (non-hydrogen) atoms. The first-order valence-electron chi connectivity index (χ1n) is 6.02. The molecular formula is C16H12N2S. The summed E-state index contributed by atoms with van der Waals surface area (Å²) in [4.78, 5) is 0. The number of benzene rings is 2. The fourth-order valence-electron chi connectivity index (χ4n) is 1.83. The molecule has 0 unspecified atom stereocenters. The molecule has 2 nitrogen and oxygen atoms in total. The highest BCUT2D eigenvalue weighted by molar-refractivity contribution is 7.17. The summed E-state index contributed by atoms with van der Waals surface area (Å²) in [6.45, 7) is 0. The molecular weight excluding hydrogens is 252 g/mol. The average molecular weight is 264 g/mol. The predicted octanol–water partition coefficient (Wildman–Crippen LogP) is 4.53. The van der Waals surface area contributed by atoms with Crippen molar-refractivity contribution in [1.82, 2.24) is 10.2 Å². The Morgan fingerprint density at radius 1 is 0.737 bits per heavy atom. The van der Waals surface area contributed by atoms with Gasteiger partial charge in [0.2, 0.25) is 0 Å². The fourth-order valence-corrected chi connectivity index (χ4v) is 2.63. The minimum absolute atomic E-state index is 0.949. The molecule has 0 aliphatic carbocycles. The molecule has 0 saturated carbocycles. The molecule has 0 radical (unpaired) electrons. The summed E-state index contributed by atoms with van der Waals surface area (Å²) in [6.07, 6.45) is 1.70. The van der Waals surface area contributed by atoms with Crippen molar-refractivity contribution in [3.05, 3.63) is 72.2 Å². The average Bonchev–Trinajstić information content (AvgIpc) is 2.96. The molecule has 0 N–H and O–H groups in total. The van der Waals surface area contributed by atoms with Crippen LogP contribution in [0, 0.1) is 0 Å². The Morgan fingerprint density at radius 2 is 1.53 bits per heavy atom. The van der Waals surface area contributed by atoms with Gasteiger partial charge in [-0.3, -0.25) is 0 Å². The number of aromatic nitrogens is 2. The van der Waals surface area contributed by atoms with Gasteiger partial charge in [0, 0.05) is 10.1 Å². The van der Waals surface area contributed by atoms with Gasteiger partial charge in [0.1, 0.15) is 0 Å². The van der Waals surface area contributed by atoms with Gasteiger partial charge in [0.25, 0.3) is 0 Å². The Kier molecular flexibility index (Phi) is 3.47. The second-order valence-corrected chi connectivity index (χ2v) is 5.00. The van der Waals surface area contributed by atoms with Crippen LogP contribution < -0.4 is 0 Å². The third-order valence-electron chi connectivity index (χ3n) is 2.78. The molecule has 0 aliphatic rings. The van der Waals surface area contributed by atoms with Gasteiger partial charge in [0.05, 0.1) is 11.7 Å². The summed E-state index contributed by atoms with van der Waals surface area (Å²) in [5.74, 6) is 0. The predicted molar refractivity (Wildman–Crippen MR) is 81.4 cm³/mol. The lowest BCUT2D eigenvalue weighted by Crippen LogP contribution is -1.79. The molecule has 92 valence electrons. The Bertz CT molecular complexity index is 697. The molecule has 0 saturated heterocycles. The Morgan fingerprint density at radius 3 is 2.37 bits per heavy atom. The standard InChI is InChI=1S/C8H6N2.C8H6S/c1-2-4-8-7(3-1)5-6-9-10-8;1-2-4-8-7(3-1)5-6-9-8/h1-6H;1-6H. The van der Waals surface area contributed by atoms with Crippen molar-refractivity contribution in [3.63, 3.8) is 0 Å². The van der Waals surface area contributed by atoms with Gasteiger partial charge in [0.15, 0.2) is 0 Å². The van der Waals surface area contributed by atoms with Crippen LogP contribution in [0.2, 0.25) is 0 Å². The lowest BCUT2D eigenvalue weighted by molar-refractivity contribution is 1.08. The van der Waals surface area contributed by atoms with Crippen molar-refractivity contribution in [2.24, 2.45) is 0 Å². The van der Waals surface area contributed by atoms with Crippen molar-refractivity contribution >= 4 is 32.3 Å². The third-order valence-corrected chi connectivity index (χ3v) is 3.68. The van der Waals surface area contributed by atoms with Gasteiger partial charge < -0.3 is 0 Å². The molecule has 0 bridgehead atoms. The summed E-state index contributed by atoms with van der Waals surface area (Å²) in [6, 6.07) is 20.4. The van der Waals surface area contributed by atoms with Crippen molar-refractivity contribution in [2.75, 3.05) is 0 Å². The van der Waals surface area contributed by atoms with Crippen LogP contribution in [0.5, 0.6) is 0 Å². The molecule has 4 rings (SSSR count). The minimum atomic E-state index is 0.949. The van der Waals surface area contributed by atoms with E-state index in [0.29, 0.717) is 0 Å². The van der Waals surface area contributed by atoms with Crippen molar-refractivity contribution in [3.8, 4) is 0 Å². The number of thiophene rings is 1. The number of fused-ring (bicyclic) bond motifs is 2. The van der Waals surface area contributed by atoms with Crippen LogP contribution in [0.15, 0.2) is 72.2 Å². The van der Waals surface area contributed by atoms with E-state index < -0.39 is 0 Å². The van der Waals surface area contributed by atoms with Crippen molar-refractivity contribution < 1.29 is 0 Å². The fraction of sp³-hybridized carbons (Fsp3) is 0. The summed E-state index contributed by atoms with van der Waals surface area (Å²) in [5, 5.41) is 12.3. The monoisotopic (exact) mass is 264 g/mol. The van der Waals surface area contributed by atoms with Gasteiger partial charge in [-0.1, -0.05) is 36.4 Å². The second kappa shape index (κ2) is 5.59. The molecule has 0 atom stereocenters. The maximum Gasteiger partial charge on any atom is 0.0929 e. The Hall–Kier alpha value is -2.26. The lowest BCUT2D eigenvalue weighted by Gasteiger charge is -1.90. The number of hydrogen-bond donors (Lipinski definition) is 0. The Labute approximate surface area is 115 Å². The largest absolute Gasteiger partial charge is 0.159 e. The van der Waals surface area contributed by atoms with E-state index in [2.05, 4.69) is 45.9 Å². The van der Waals surface area contributed by atoms with Crippen LogP contribution >= 0.6 is 11.3 Å². The first kappa shape index (κ1) is 11.8. The summed E-state index contributed by atoms with van der Waals surface area (Å²) < 4.78 is 1.37. The van der Waals surface area contributed by atoms with E-state index in [-0.39, 0.29) is 0 Å². The van der Waals surface area contributed by atoms with Gasteiger partial charge in [-0.2, -0.15) is 10.2 Å². The highest BCUT2D eigenvalue weighted by Gasteiger charge is 1.88. The molecule has 0 spiro atoms. The van der Waals surface area contributed by atoms with E-state index in [1.807, 2.05) is 30.3 Å². The van der Waals surface area contributed by atoms with Gasteiger partial charge in [-0.15, -0.1) is 11.3 Å². The molecule has 0 amide bonds. The van der Waals surface area contributed by atoms with E-state index in [0.717, 1.165) is 10.9 Å². The summed E-state index contributed by atoms with van der Waals surface area (Å²) in [7, 11) is 0. The Balaban J connectivity index is 0.000000117. The van der Waals surface area contributed by atoms with E-state index in [4.69, 9.17) is 0 Å². The number of rotatable bonds is 0. The summed E-state index contributed by atoms with van der Waals surface area (Å²) >= 11 is 1.79. The minimum Gasteiger partial charge on any atom is -0.159 e. The second-order valence-electron chi connectivity index (χ2n) is 4.05. The van der Waals surface area contributed by atoms with Crippen LogP contribution in [0.4, 0.5) is 0 Å². The molecule has 0 aliphatic heterocycles. The van der Waals surface area contributed by atoms with Gasteiger partial charge >= 0.3 is 0 Å². The van der Waals surface area contributed by atoms with Gasteiger partial charge in [-0.05, 0) is 35.0 Å². The molecule has 3 heteroatoms. The van der Waals surface area contributed by atoms with E-state index in [9.17, 15) is 0 Å². The molecule has 0 fully saturated rings. The molecule has 4 aromatic rings. The highest BCUT2D eigenvalue weighted by atomic mass is 32.1. The molecule has 2 aromatic carbocycles. The topological polar surface area (TPSA) is 25.8 Å². The van der Waals surface area contributed by atoms with Crippen LogP contribution in [0.25, 0.3) is 21.0 Å². The van der Waals surface area contributed by atoms with Gasteiger partial charge in [-0.25, -0.2) is 0 Å². The van der Waals surface area contributed by atoms with Crippen molar-refractivity contribution in [2.45, 2.75) is 0 Å². The first-order valence-corrected chi connectivity index (χ1v) is 6.90. The maximum absolute atomic E-state index is 3.93.